The number of hydrogen-bond acceptors (Lipinski definition) is 7. The number of likely N-dealkylation sites (N-methyl/N-ethyl adjacent to an activating group) is 1. The quantitative estimate of drug-likeness (QED) is 0.621. The van der Waals surface area contributed by atoms with Crippen molar-refractivity contribution in [1.82, 2.24) is 19.4 Å². The molecule has 0 radical (unpaired) electrons. The summed E-state index contributed by atoms with van der Waals surface area (Å²) in [6.07, 6.45) is 3.93. The van der Waals surface area contributed by atoms with Crippen molar-refractivity contribution in [3.8, 4) is 0 Å². The molecule has 2 heterocycles. The van der Waals surface area contributed by atoms with Crippen LogP contribution in [-0.2, 0) is 37.9 Å². The molecule has 0 saturated carbocycles. The fraction of sp³-hybridized carbons (Fsp3) is 0.357. The van der Waals surface area contributed by atoms with Crippen LogP contribution in [0.5, 0.6) is 0 Å². The zero-order chi connectivity index (χ0) is 18.4. The van der Waals surface area contributed by atoms with E-state index in [1.807, 2.05) is 0 Å². The Morgan fingerprint density at radius 2 is 2.20 bits per heavy atom. The minimum absolute atomic E-state index is 0.0722. The van der Waals surface area contributed by atoms with Gasteiger partial charge in [0.2, 0.25) is 10.0 Å². The number of carbonyl (C=O) groups is 2. The highest BCUT2D eigenvalue weighted by atomic mass is 32.2. The molecule has 2 aromatic heterocycles. The van der Waals surface area contributed by atoms with Gasteiger partial charge in [0, 0.05) is 20.3 Å². The topological polar surface area (TPSA) is 124 Å². The lowest BCUT2D eigenvalue weighted by atomic mass is 10.4. The van der Waals surface area contributed by atoms with Gasteiger partial charge in [-0.25, -0.2) is 8.42 Å². The van der Waals surface area contributed by atoms with E-state index in [2.05, 4.69) is 9.82 Å². The summed E-state index contributed by atoms with van der Waals surface area (Å²) in [6.45, 7) is -0.853. The predicted molar refractivity (Wildman–Crippen MR) is 84.5 cm³/mol. The first-order valence-corrected chi connectivity index (χ1v) is 8.66. The highest BCUT2D eigenvalue weighted by molar-refractivity contribution is 7.89. The highest BCUT2D eigenvalue weighted by Gasteiger charge is 2.19. The van der Waals surface area contributed by atoms with Crippen molar-refractivity contribution >= 4 is 21.9 Å². The van der Waals surface area contributed by atoms with E-state index in [1.165, 1.54) is 29.1 Å². The lowest BCUT2D eigenvalue weighted by Crippen LogP contribution is -2.34. The number of ether oxygens (including phenoxy) is 1. The third kappa shape index (κ3) is 5.43. The van der Waals surface area contributed by atoms with E-state index < -0.39 is 35.1 Å². The SMILES string of the molecule is CN(Cc1ccco1)C(=O)COC(=O)CNS(=O)(=O)c1cnn(C)c1. The Morgan fingerprint density at radius 1 is 1.44 bits per heavy atom. The van der Waals surface area contributed by atoms with Gasteiger partial charge in [-0.15, -0.1) is 0 Å². The van der Waals surface area contributed by atoms with Crippen molar-refractivity contribution in [2.45, 2.75) is 11.4 Å². The van der Waals surface area contributed by atoms with Gasteiger partial charge < -0.3 is 14.1 Å². The van der Waals surface area contributed by atoms with E-state index in [4.69, 9.17) is 9.15 Å². The van der Waals surface area contributed by atoms with E-state index >= 15 is 0 Å². The maximum absolute atomic E-state index is 11.9. The van der Waals surface area contributed by atoms with Crippen molar-refractivity contribution in [2.24, 2.45) is 7.05 Å². The number of sulfonamides is 1. The second-order valence-corrected chi connectivity index (χ2v) is 6.93. The summed E-state index contributed by atoms with van der Waals surface area (Å²) < 4.78 is 37.1. The van der Waals surface area contributed by atoms with Crippen LogP contribution in [0.15, 0.2) is 40.1 Å². The molecule has 0 unspecified atom stereocenters. The number of carbonyl (C=O) groups excluding carboxylic acids is 2. The fourth-order valence-electron chi connectivity index (χ4n) is 1.80. The molecule has 1 amide bonds. The molecule has 0 saturated heterocycles. The molecule has 0 aliphatic carbocycles. The number of aryl methyl sites for hydroxylation is 1. The van der Waals surface area contributed by atoms with Gasteiger partial charge in [0.25, 0.3) is 5.91 Å². The number of aromatic nitrogens is 2. The van der Waals surface area contributed by atoms with Crippen molar-refractivity contribution in [1.29, 1.82) is 0 Å². The summed E-state index contributed by atoms with van der Waals surface area (Å²) in [4.78, 5) is 24.7. The standard InChI is InChI=1S/C14H18N4O6S/c1-17(8-11-4-3-5-23-11)13(19)10-24-14(20)7-16-25(21,22)12-6-15-18(2)9-12/h3-6,9,16H,7-8,10H2,1-2H3. The number of esters is 1. The van der Waals surface area contributed by atoms with Crippen molar-refractivity contribution in [2.75, 3.05) is 20.2 Å². The normalized spacial score (nSPS) is 11.3. The van der Waals surface area contributed by atoms with E-state index in [-0.39, 0.29) is 11.4 Å². The summed E-state index contributed by atoms with van der Waals surface area (Å²) in [6, 6.07) is 3.41. The summed E-state index contributed by atoms with van der Waals surface area (Å²) in [7, 11) is -0.766. The molecule has 0 fully saturated rings. The number of rotatable bonds is 8. The Bertz CT molecular complexity index is 827. The number of furan rings is 1. The number of hydrogen-bond donors (Lipinski definition) is 1. The molecule has 0 atom stereocenters. The Kier molecular flexibility index (Phi) is 5.93. The van der Waals surface area contributed by atoms with Crippen LogP contribution >= 0.6 is 0 Å². The van der Waals surface area contributed by atoms with Gasteiger partial charge in [0.15, 0.2) is 6.61 Å². The molecule has 1 N–H and O–H groups in total. The van der Waals surface area contributed by atoms with E-state index in [0.717, 1.165) is 6.20 Å². The zero-order valence-corrected chi connectivity index (χ0v) is 14.5. The van der Waals surface area contributed by atoms with E-state index in [0.29, 0.717) is 5.76 Å². The molecule has 0 aliphatic rings. The van der Waals surface area contributed by atoms with Crippen LogP contribution in [0.1, 0.15) is 5.76 Å². The molecule has 0 bridgehead atoms. The highest BCUT2D eigenvalue weighted by Crippen LogP contribution is 2.06. The molecule has 2 rings (SSSR count). The maximum atomic E-state index is 11.9. The van der Waals surface area contributed by atoms with Gasteiger partial charge in [0.05, 0.1) is 19.0 Å². The minimum atomic E-state index is -3.87. The molecular weight excluding hydrogens is 352 g/mol. The molecular formula is C14H18N4O6S. The lowest BCUT2D eigenvalue weighted by Gasteiger charge is -2.15. The Hall–Kier alpha value is -2.66. The average molecular weight is 370 g/mol. The summed E-state index contributed by atoms with van der Waals surface area (Å²) in [5.74, 6) is -0.724. The summed E-state index contributed by atoms with van der Waals surface area (Å²) in [5.41, 5.74) is 0. The van der Waals surface area contributed by atoms with Crippen LogP contribution in [0.2, 0.25) is 0 Å². The van der Waals surface area contributed by atoms with E-state index in [9.17, 15) is 18.0 Å². The summed E-state index contributed by atoms with van der Waals surface area (Å²) in [5, 5.41) is 3.74. The number of nitrogens with zero attached hydrogens (tertiary/aromatic N) is 3. The van der Waals surface area contributed by atoms with Gasteiger partial charge in [-0.2, -0.15) is 9.82 Å². The van der Waals surface area contributed by atoms with Crippen LogP contribution in [0, 0.1) is 0 Å². The number of nitrogens with one attached hydrogen (secondary N) is 1. The van der Waals surface area contributed by atoms with Crippen molar-refractivity contribution in [3.05, 3.63) is 36.5 Å². The van der Waals surface area contributed by atoms with Crippen LogP contribution in [-0.4, -0.2) is 55.2 Å². The maximum Gasteiger partial charge on any atom is 0.321 e. The minimum Gasteiger partial charge on any atom is -0.467 e. The Balaban J connectivity index is 1.75. The van der Waals surface area contributed by atoms with Gasteiger partial charge in [-0.1, -0.05) is 0 Å². The first-order chi connectivity index (χ1) is 11.8. The first kappa shape index (κ1) is 18.7. The molecule has 136 valence electrons. The largest absolute Gasteiger partial charge is 0.467 e. The molecule has 0 aliphatic heterocycles. The second-order valence-electron chi connectivity index (χ2n) is 5.16. The van der Waals surface area contributed by atoms with Gasteiger partial charge in [-0.05, 0) is 12.1 Å². The zero-order valence-electron chi connectivity index (χ0n) is 13.7. The molecule has 0 spiro atoms. The van der Waals surface area contributed by atoms with Crippen LogP contribution in [0.4, 0.5) is 0 Å². The fourth-order valence-corrected chi connectivity index (χ4v) is 2.75. The molecule has 25 heavy (non-hydrogen) atoms. The smallest absolute Gasteiger partial charge is 0.321 e. The predicted octanol–water partition coefficient (Wildman–Crippen LogP) is -0.507. The monoisotopic (exact) mass is 370 g/mol. The molecule has 0 aromatic carbocycles. The third-order valence-corrected chi connectivity index (χ3v) is 4.51. The number of amides is 1. The first-order valence-electron chi connectivity index (χ1n) is 7.18. The van der Waals surface area contributed by atoms with Crippen LogP contribution in [0.25, 0.3) is 0 Å². The Labute approximate surface area is 144 Å². The molecule has 2 aromatic rings. The average Bonchev–Trinajstić information content (AvgIpc) is 3.22. The third-order valence-electron chi connectivity index (χ3n) is 3.15. The van der Waals surface area contributed by atoms with Crippen LogP contribution < -0.4 is 4.72 Å². The molecule has 11 heteroatoms. The van der Waals surface area contributed by atoms with Crippen molar-refractivity contribution in [3.63, 3.8) is 0 Å². The van der Waals surface area contributed by atoms with E-state index in [1.54, 1.807) is 19.2 Å². The van der Waals surface area contributed by atoms with Gasteiger partial charge in [-0.3, -0.25) is 14.3 Å². The van der Waals surface area contributed by atoms with Crippen LogP contribution in [0.3, 0.4) is 0 Å². The van der Waals surface area contributed by atoms with Gasteiger partial charge in [0.1, 0.15) is 17.2 Å². The lowest BCUT2D eigenvalue weighted by molar-refractivity contribution is -0.150. The van der Waals surface area contributed by atoms with Gasteiger partial charge >= 0.3 is 5.97 Å². The second kappa shape index (κ2) is 7.94. The van der Waals surface area contributed by atoms with Crippen molar-refractivity contribution < 1.29 is 27.2 Å². The Morgan fingerprint density at radius 3 is 2.80 bits per heavy atom. The molecule has 10 nitrogen and oxygen atoms in total. The summed E-state index contributed by atoms with van der Waals surface area (Å²) >= 11 is 0.